The maximum atomic E-state index is 5.88. The maximum absolute atomic E-state index is 5.88. The van der Waals surface area contributed by atoms with Gasteiger partial charge in [0.25, 0.3) is 0 Å². The molecule has 0 bridgehead atoms. The molecule has 0 unspecified atom stereocenters. The highest BCUT2D eigenvalue weighted by molar-refractivity contribution is 5.69. The number of hydrogen-bond donors (Lipinski definition) is 2. The highest BCUT2D eigenvalue weighted by atomic mass is 16.4. The Morgan fingerprint density at radius 1 is 1.38 bits per heavy atom. The summed E-state index contributed by atoms with van der Waals surface area (Å²) < 4.78 is 5.37. The van der Waals surface area contributed by atoms with Crippen LogP contribution in [0.15, 0.2) is 28.8 Å². The summed E-state index contributed by atoms with van der Waals surface area (Å²) in [5, 5.41) is 3.23. The van der Waals surface area contributed by atoms with Gasteiger partial charge in [-0.3, -0.25) is 0 Å². The van der Waals surface area contributed by atoms with Crippen molar-refractivity contribution >= 4 is 11.4 Å². The molecular formula is C12H15N3O. The van der Waals surface area contributed by atoms with Crippen LogP contribution < -0.4 is 11.1 Å². The van der Waals surface area contributed by atoms with Crippen LogP contribution in [0.3, 0.4) is 0 Å². The summed E-state index contributed by atoms with van der Waals surface area (Å²) in [6.45, 7) is 4.43. The van der Waals surface area contributed by atoms with Crippen LogP contribution in [0.1, 0.15) is 17.2 Å². The molecule has 16 heavy (non-hydrogen) atoms. The first-order valence-corrected chi connectivity index (χ1v) is 5.17. The zero-order valence-corrected chi connectivity index (χ0v) is 9.45. The minimum absolute atomic E-state index is 0.545. The quantitative estimate of drug-likeness (QED) is 0.775. The molecule has 0 radical (unpaired) electrons. The number of rotatable bonds is 3. The van der Waals surface area contributed by atoms with Gasteiger partial charge < -0.3 is 15.5 Å². The van der Waals surface area contributed by atoms with Gasteiger partial charge in [-0.2, -0.15) is 0 Å². The van der Waals surface area contributed by atoms with Crippen molar-refractivity contribution in [2.75, 3.05) is 11.1 Å². The lowest BCUT2D eigenvalue weighted by Crippen LogP contribution is -2.04. The number of nitrogens with zero attached hydrogens (tertiary/aromatic N) is 1. The van der Waals surface area contributed by atoms with Crippen molar-refractivity contribution < 1.29 is 4.42 Å². The van der Waals surface area contributed by atoms with Crippen molar-refractivity contribution in [3.63, 3.8) is 0 Å². The van der Waals surface area contributed by atoms with E-state index in [4.69, 9.17) is 10.2 Å². The van der Waals surface area contributed by atoms with Gasteiger partial charge >= 0.3 is 0 Å². The van der Waals surface area contributed by atoms with Gasteiger partial charge in [-0.1, -0.05) is 12.1 Å². The van der Waals surface area contributed by atoms with Crippen LogP contribution in [0.2, 0.25) is 0 Å². The number of benzene rings is 1. The summed E-state index contributed by atoms with van der Waals surface area (Å²) in [4.78, 5) is 4.12. The Balaban J connectivity index is 2.10. The third kappa shape index (κ3) is 2.16. The number of aromatic nitrogens is 1. The predicted molar refractivity (Wildman–Crippen MR) is 64.2 cm³/mol. The van der Waals surface area contributed by atoms with Crippen molar-refractivity contribution in [1.29, 1.82) is 0 Å². The van der Waals surface area contributed by atoms with Gasteiger partial charge in [-0.25, -0.2) is 4.98 Å². The van der Waals surface area contributed by atoms with Crippen LogP contribution in [0, 0.1) is 13.8 Å². The molecule has 0 spiro atoms. The number of para-hydroxylation sites is 1. The Kier molecular flexibility index (Phi) is 2.81. The second-order valence-corrected chi connectivity index (χ2v) is 3.76. The number of nitrogen functional groups attached to an aromatic ring is 1. The van der Waals surface area contributed by atoms with Crippen LogP contribution in [-0.2, 0) is 6.54 Å². The maximum Gasteiger partial charge on any atom is 0.213 e. The van der Waals surface area contributed by atoms with E-state index in [-0.39, 0.29) is 0 Å². The summed E-state index contributed by atoms with van der Waals surface area (Å²) in [5.41, 5.74) is 8.67. The summed E-state index contributed by atoms with van der Waals surface area (Å²) in [6, 6.07) is 5.82. The topological polar surface area (TPSA) is 64.1 Å². The second kappa shape index (κ2) is 4.26. The van der Waals surface area contributed by atoms with Gasteiger partial charge in [0, 0.05) is 0 Å². The number of nitrogens with two attached hydrogens (primary N) is 1. The summed E-state index contributed by atoms with van der Waals surface area (Å²) in [7, 11) is 0. The molecule has 4 nitrogen and oxygen atoms in total. The summed E-state index contributed by atoms with van der Waals surface area (Å²) in [6.07, 6.45) is 1.71. The fourth-order valence-electron chi connectivity index (χ4n) is 1.58. The molecule has 0 fully saturated rings. The predicted octanol–water partition coefficient (Wildman–Crippen LogP) is 2.49. The molecule has 0 saturated heterocycles. The lowest BCUT2D eigenvalue weighted by molar-refractivity contribution is 0.479. The molecule has 4 heteroatoms. The fraction of sp³-hybridized carbons (Fsp3) is 0.250. The van der Waals surface area contributed by atoms with E-state index in [1.165, 1.54) is 0 Å². The van der Waals surface area contributed by atoms with Gasteiger partial charge in [0.1, 0.15) is 5.76 Å². The molecule has 1 aromatic heterocycles. The average Bonchev–Trinajstić information content (AvgIpc) is 2.63. The van der Waals surface area contributed by atoms with E-state index in [2.05, 4.69) is 10.3 Å². The van der Waals surface area contributed by atoms with Crippen LogP contribution in [-0.4, -0.2) is 4.98 Å². The lowest BCUT2D eigenvalue weighted by atomic mass is 10.1. The van der Waals surface area contributed by atoms with E-state index in [1.54, 1.807) is 6.20 Å². The SMILES string of the molecule is Cc1cnc(CNc2c(C)cccc2N)o1. The van der Waals surface area contributed by atoms with Crippen molar-refractivity contribution in [2.45, 2.75) is 20.4 Å². The highest BCUT2D eigenvalue weighted by Gasteiger charge is 2.04. The van der Waals surface area contributed by atoms with E-state index >= 15 is 0 Å². The molecule has 0 saturated carbocycles. The van der Waals surface area contributed by atoms with Gasteiger partial charge in [0.05, 0.1) is 24.1 Å². The second-order valence-electron chi connectivity index (χ2n) is 3.76. The van der Waals surface area contributed by atoms with E-state index < -0.39 is 0 Å². The minimum Gasteiger partial charge on any atom is -0.444 e. The molecule has 1 aromatic carbocycles. The third-order valence-corrected chi connectivity index (χ3v) is 2.39. The smallest absolute Gasteiger partial charge is 0.213 e. The van der Waals surface area contributed by atoms with E-state index in [9.17, 15) is 0 Å². The molecule has 2 aromatic rings. The Morgan fingerprint density at radius 3 is 2.81 bits per heavy atom. The Labute approximate surface area is 94.5 Å². The molecule has 0 atom stereocenters. The van der Waals surface area contributed by atoms with Crippen molar-refractivity contribution in [3.8, 4) is 0 Å². The first-order valence-electron chi connectivity index (χ1n) is 5.17. The highest BCUT2D eigenvalue weighted by Crippen LogP contribution is 2.22. The van der Waals surface area contributed by atoms with Crippen molar-refractivity contribution in [3.05, 3.63) is 41.6 Å². The van der Waals surface area contributed by atoms with Crippen molar-refractivity contribution in [2.24, 2.45) is 0 Å². The Morgan fingerprint density at radius 2 is 2.19 bits per heavy atom. The van der Waals surface area contributed by atoms with E-state index in [0.29, 0.717) is 12.4 Å². The van der Waals surface area contributed by atoms with E-state index in [0.717, 1.165) is 22.7 Å². The van der Waals surface area contributed by atoms with Gasteiger partial charge in [-0.15, -0.1) is 0 Å². The first kappa shape index (κ1) is 10.5. The molecule has 0 aliphatic rings. The van der Waals surface area contributed by atoms with Crippen LogP contribution in [0.4, 0.5) is 11.4 Å². The van der Waals surface area contributed by atoms with Gasteiger partial charge in [0.2, 0.25) is 5.89 Å². The number of anilines is 2. The molecule has 3 N–H and O–H groups in total. The third-order valence-electron chi connectivity index (χ3n) is 2.39. The van der Waals surface area contributed by atoms with Gasteiger partial charge in [0.15, 0.2) is 0 Å². The number of oxazole rings is 1. The largest absolute Gasteiger partial charge is 0.444 e. The Hall–Kier alpha value is -1.97. The number of aryl methyl sites for hydroxylation is 2. The molecule has 2 rings (SSSR count). The van der Waals surface area contributed by atoms with E-state index in [1.807, 2.05) is 32.0 Å². The molecule has 1 heterocycles. The molecule has 0 aliphatic heterocycles. The average molecular weight is 217 g/mol. The summed E-state index contributed by atoms with van der Waals surface area (Å²) >= 11 is 0. The standard InChI is InChI=1S/C12H15N3O/c1-8-4-3-5-10(13)12(8)15-7-11-14-6-9(2)16-11/h3-6,15H,7,13H2,1-2H3. The zero-order chi connectivity index (χ0) is 11.5. The number of nitrogens with one attached hydrogen (secondary N) is 1. The normalized spacial score (nSPS) is 10.4. The monoisotopic (exact) mass is 217 g/mol. The zero-order valence-electron chi connectivity index (χ0n) is 9.45. The number of hydrogen-bond acceptors (Lipinski definition) is 4. The summed E-state index contributed by atoms with van der Waals surface area (Å²) in [5.74, 6) is 1.48. The molecule has 0 amide bonds. The molecule has 0 aliphatic carbocycles. The van der Waals surface area contributed by atoms with Crippen LogP contribution in [0.5, 0.6) is 0 Å². The van der Waals surface area contributed by atoms with Crippen molar-refractivity contribution in [1.82, 2.24) is 4.98 Å². The molecule has 84 valence electrons. The lowest BCUT2D eigenvalue weighted by Gasteiger charge is -2.10. The van der Waals surface area contributed by atoms with Crippen LogP contribution >= 0.6 is 0 Å². The van der Waals surface area contributed by atoms with Gasteiger partial charge in [-0.05, 0) is 25.5 Å². The Bertz CT molecular complexity index is 471. The minimum atomic E-state index is 0.545. The fourth-order valence-corrected chi connectivity index (χ4v) is 1.58. The van der Waals surface area contributed by atoms with Crippen LogP contribution in [0.25, 0.3) is 0 Å². The molecular weight excluding hydrogens is 202 g/mol. The first-order chi connectivity index (χ1) is 7.66.